The minimum atomic E-state index is -1.67. The van der Waals surface area contributed by atoms with Crippen LogP contribution in [0.25, 0.3) is 22.1 Å². The maximum Gasteiger partial charge on any atom is 0.308 e. The molecule has 1 aliphatic rings. The van der Waals surface area contributed by atoms with E-state index in [2.05, 4.69) is 0 Å². The van der Waals surface area contributed by atoms with E-state index in [4.69, 9.17) is 18.6 Å². The van der Waals surface area contributed by atoms with E-state index in [9.17, 15) is 35.1 Å². The van der Waals surface area contributed by atoms with E-state index in [0.717, 1.165) is 6.92 Å². The van der Waals surface area contributed by atoms with Gasteiger partial charge in [0.2, 0.25) is 11.7 Å². The van der Waals surface area contributed by atoms with Crippen LogP contribution < -0.4 is 14.9 Å². The molecule has 0 amide bonds. The quantitative estimate of drug-likeness (QED) is 0.253. The Bertz CT molecular complexity index is 1250. The summed E-state index contributed by atoms with van der Waals surface area (Å²) < 4.78 is 21.7. The zero-order valence-corrected chi connectivity index (χ0v) is 17.8. The maximum atomic E-state index is 13.2. The lowest BCUT2D eigenvalue weighted by Crippen LogP contribution is -2.60. The van der Waals surface area contributed by atoms with E-state index in [0.29, 0.717) is 5.56 Å². The zero-order chi connectivity index (χ0) is 24.6. The highest BCUT2D eigenvalue weighted by Gasteiger charge is 2.44. The van der Waals surface area contributed by atoms with E-state index in [-0.39, 0.29) is 33.8 Å². The lowest BCUT2D eigenvalue weighted by atomic mass is 9.99. The van der Waals surface area contributed by atoms with E-state index in [1.807, 2.05) is 0 Å². The summed E-state index contributed by atoms with van der Waals surface area (Å²) in [6.45, 7) is 0.499. The van der Waals surface area contributed by atoms with Gasteiger partial charge in [0.1, 0.15) is 58.9 Å². The van der Waals surface area contributed by atoms with Crippen LogP contribution in [-0.4, -0.2) is 68.8 Å². The van der Waals surface area contributed by atoms with Crippen LogP contribution in [0.4, 0.5) is 0 Å². The number of aromatic hydroxyl groups is 1. The topological polar surface area (TPSA) is 176 Å². The molecular weight excluding hydrogens is 452 g/mol. The highest BCUT2D eigenvalue weighted by atomic mass is 16.7. The van der Waals surface area contributed by atoms with Crippen molar-refractivity contribution in [2.45, 2.75) is 37.6 Å². The van der Waals surface area contributed by atoms with Crippen molar-refractivity contribution in [1.29, 1.82) is 0 Å². The fourth-order valence-electron chi connectivity index (χ4n) is 3.64. The van der Waals surface area contributed by atoms with Gasteiger partial charge in [-0.25, -0.2) is 0 Å². The van der Waals surface area contributed by atoms with Crippen LogP contribution in [0.3, 0.4) is 0 Å². The highest BCUT2D eigenvalue weighted by Crippen LogP contribution is 2.33. The molecule has 0 radical (unpaired) electrons. The van der Waals surface area contributed by atoms with E-state index >= 15 is 0 Å². The van der Waals surface area contributed by atoms with Crippen LogP contribution >= 0.6 is 0 Å². The summed E-state index contributed by atoms with van der Waals surface area (Å²) in [5.41, 5.74) is 0.0980. The molecule has 5 N–H and O–H groups in total. The molecule has 5 atom stereocenters. The molecule has 1 aliphatic heterocycles. The minimum absolute atomic E-state index is 0.00845. The molecule has 11 heteroatoms. The third-order valence-corrected chi connectivity index (χ3v) is 5.35. The molecule has 4 rings (SSSR count). The molecule has 0 spiro atoms. The normalized spacial score (nSPS) is 24.7. The predicted octanol–water partition coefficient (Wildman–Crippen LogP) is 0.270. The smallest absolute Gasteiger partial charge is 0.308 e. The Morgan fingerprint density at radius 1 is 1.06 bits per heavy atom. The number of phenolic OH excluding ortho intramolecular Hbond substituents is 1. The average Bonchev–Trinajstić information content (AvgIpc) is 2.80. The Hall–Kier alpha value is -3.48. The summed E-state index contributed by atoms with van der Waals surface area (Å²) in [6.07, 6.45) is -6.38. The fraction of sp³-hybridized carbons (Fsp3) is 0.304. The van der Waals surface area contributed by atoms with Crippen molar-refractivity contribution in [2.75, 3.05) is 6.61 Å². The van der Waals surface area contributed by atoms with E-state index in [1.165, 1.54) is 42.7 Å². The van der Waals surface area contributed by atoms with Gasteiger partial charge in [0.15, 0.2) is 0 Å². The van der Waals surface area contributed by atoms with Crippen molar-refractivity contribution in [2.24, 2.45) is 0 Å². The van der Waals surface area contributed by atoms with Crippen LogP contribution in [0.5, 0.6) is 17.2 Å². The molecular formula is C23H22O11. The average molecular weight is 474 g/mol. The molecule has 0 saturated carbocycles. The third kappa shape index (κ3) is 4.47. The Balaban J connectivity index is 1.76. The lowest BCUT2D eigenvalue weighted by molar-refractivity contribution is -0.277. The number of carbonyl (C=O) groups is 1. The van der Waals surface area contributed by atoms with Crippen LogP contribution in [0.15, 0.2) is 51.9 Å². The lowest BCUT2D eigenvalue weighted by Gasteiger charge is -2.39. The van der Waals surface area contributed by atoms with Crippen molar-refractivity contribution in [1.82, 2.24) is 0 Å². The number of fused-ring (bicyclic) bond motifs is 1. The minimum Gasteiger partial charge on any atom is -0.508 e. The fourth-order valence-corrected chi connectivity index (χ4v) is 3.64. The Labute approximate surface area is 192 Å². The molecule has 1 aromatic heterocycles. The number of ether oxygens (including phenoxy) is 3. The van der Waals surface area contributed by atoms with Gasteiger partial charge in [-0.05, 0) is 17.7 Å². The first-order chi connectivity index (χ1) is 16.2. The second kappa shape index (κ2) is 9.41. The number of esters is 1. The third-order valence-electron chi connectivity index (χ3n) is 5.35. The van der Waals surface area contributed by atoms with Gasteiger partial charge in [-0.15, -0.1) is 0 Å². The molecule has 0 unspecified atom stereocenters. The van der Waals surface area contributed by atoms with Gasteiger partial charge in [-0.2, -0.15) is 0 Å². The number of hydrogen-bond acceptors (Lipinski definition) is 11. The number of benzene rings is 2. The largest absolute Gasteiger partial charge is 0.508 e. The van der Waals surface area contributed by atoms with Crippen LogP contribution in [0.2, 0.25) is 0 Å². The number of aliphatic hydroxyl groups is 4. The van der Waals surface area contributed by atoms with Crippen LogP contribution in [0, 0.1) is 0 Å². The molecule has 180 valence electrons. The molecule has 11 nitrogen and oxygen atoms in total. The molecule has 2 heterocycles. The number of carbonyl (C=O) groups excluding carboxylic acids is 1. The van der Waals surface area contributed by atoms with Gasteiger partial charge in [0.25, 0.3) is 0 Å². The summed E-state index contributed by atoms with van der Waals surface area (Å²) in [5, 5.41) is 48.9. The first-order valence-electron chi connectivity index (χ1n) is 10.2. The Morgan fingerprint density at radius 3 is 2.41 bits per heavy atom. The summed E-state index contributed by atoms with van der Waals surface area (Å²) in [7, 11) is 0. The van der Waals surface area contributed by atoms with Gasteiger partial charge < -0.3 is 44.2 Å². The van der Waals surface area contributed by atoms with E-state index < -0.39 is 48.7 Å². The first-order valence-corrected chi connectivity index (χ1v) is 10.2. The van der Waals surface area contributed by atoms with Crippen molar-refractivity contribution >= 4 is 16.9 Å². The molecule has 0 bridgehead atoms. The van der Waals surface area contributed by atoms with Gasteiger partial charge in [0, 0.05) is 19.1 Å². The number of phenols is 1. The zero-order valence-electron chi connectivity index (χ0n) is 17.8. The first kappa shape index (κ1) is 23.7. The van der Waals surface area contributed by atoms with Crippen LogP contribution in [-0.2, 0) is 9.53 Å². The molecule has 0 aliphatic carbocycles. The molecule has 1 saturated heterocycles. The van der Waals surface area contributed by atoms with Crippen molar-refractivity contribution in [3.63, 3.8) is 0 Å². The monoisotopic (exact) mass is 474 g/mol. The highest BCUT2D eigenvalue weighted by molar-refractivity contribution is 5.90. The van der Waals surface area contributed by atoms with Crippen molar-refractivity contribution < 1.29 is 49.0 Å². The maximum absolute atomic E-state index is 13.2. The van der Waals surface area contributed by atoms with Crippen molar-refractivity contribution in [3.8, 4) is 28.4 Å². The summed E-state index contributed by atoms with van der Waals surface area (Å²) in [5.74, 6) is -0.933. The standard InChI is InChI=1S/C23H22O11/c1-10(25)32-16-7-13(33-23-22(30)21(29)20(28)17(8-24)34-23)6-15-18(16)19(27)14(9-31-15)11-2-4-12(26)5-3-11/h2-7,9,17,20-24,26,28-30H,8H2,1H3/t17-,20-,21+,22-,23-/m1/s1. The number of hydrogen-bond donors (Lipinski definition) is 5. The second-order valence-corrected chi connectivity index (χ2v) is 7.73. The molecule has 1 fully saturated rings. The summed E-state index contributed by atoms with van der Waals surface area (Å²) in [6, 6.07) is 8.37. The SMILES string of the molecule is CC(=O)Oc1cc(O[C@@H]2O[C@H](CO)[C@@H](O)[C@H](O)[C@H]2O)cc2occ(-c3ccc(O)cc3)c(=O)c12. The number of rotatable bonds is 5. The van der Waals surface area contributed by atoms with Gasteiger partial charge >= 0.3 is 5.97 Å². The van der Waals surface area contributed by atoms with Crippen LogP contribution in [0.1, 0.15) is 6.92 Å². The van der Waals surface area contributed by atoms with Gasteiger partial charge in [-0.1, -0.05) is 12.1 Å². The molecule has 34 heavy (non-hydrogen) atoms. The van der Waals surface area contributed by atoms with Gasteiger partial charge in [-0.3, -0.25) is 9.59 Å². The summed E-state index contributed by atoms with van der Waals surface area (Å²) in [4.78, 5) is 24.9. The Morgan fingerprint density at radius 2 is 1.76 bits per heavy atom. The van der Waals surface area contributed by atoms with Gasteiger partial charge in [0.05, 0.1) is 12.2 Å². The molecule has 2 aromatic carbocycles. The summed E-state index contributed by atoms with van der Waals surface area (Å²) >= 11 is 0. The van der Waals surface area contributed by atoms with Crippen molar-refractivity contribution in [3.05, 3.63) is 52.9 Å². The molecule has 3 aromatic rings. The Kier molecular flexibility index (Phi) is 6.55. The number of aliphatic hydroxyl groups excluding tert-OH is 4. The van der Waals surface area contributed by atoms with E-state index in [1.54, 1.807) is 0 Å². The second-order valence-electron chi connectivity index (χ2n) is 7.73. The predicted molar refractivity (Wildman–Crippen MR) is 115 cm³/mol.